The molecule has 0 radical (unpaired) electrons. The molecule has 0 fully saturated rings. The lowest BCUT2D eigenvalue weighted by Crippen LogP contribution is -2.38. The van der Waals surface area contributed by atoms with Crippen molar-refractivity contribution in [1.82, 2.24) is 5.32 Å². The summed E-state index contributed by atoms with van der Waals surface area (Å²) in [5, 5.41) is 13.1. The second-order valence-corrected chi connectivity index (χ2v) is 8.81. The van der Waals surface area contributed by atoms with Crippen LogP contribution in [-0.2, 0) is 0 Å². The normalized spacial score (nSPS) is 11.6. The lowest BCUT2D eigenvalue weighted by Gasteiger charge is -2.20. The molecule has 0 bridgehead atoms. The van der Waals surface area contributed by atoms with Crippen molar-refractivity contribution in [3.8, 4) is 23.3 Å². The average Bonchev–Trinajstić information content (AvgIpc) is 2.94. The number of rotatable bonds is 11. The van der Waals surface area contributed by atoms with Crippen LogP contribution in [0.4, 0.5) is 0 Å². The molecule has 2 N–H and O–H groups in total. The fourth-order valence-electron chi connectivity index (χ4n) is 4.04. The van der Waals surface area contributed by atoms with Crippen LogP contribution in [0.2, 0.25) is 0 Å². The zero-order valence-corrected chi connectivity index (χ0v) is 22.3. The topological polar surface area (TPSA) is 67.8 Å². The van der Waals surface area contributed by atoms with Gasteiger partial charge < -0.3 is 19.9 Å². The van der Waals surface area contributed by atoms with E-state index < -0.39 is 6.04 Å². The van der Waals surface area contributed by atoms with E-state index in [0.717, 1.165) is 28.7 Å². The first kappa shape index (κ1) is 28.3. The molecule has 196 valence electrons. The van der Waals surface area contributed by atoms with Crippen molar-refractivity contribution in [2.75, 3.05) is 20.3 Å². The number of carbonyl (C=O) groups is 1. The number of hydrogen-bond acceptors (Lipinski definition) is 4. The van der Waals surface area contributed by atoms with Crippen LogP contribution < -0.4 is 14.8 Å². The molecule has 0 spiro atoms. The Morgan fingerprint density at radius 3 is 2.53 bits per heavy atom. The number of nitrogens with one attached hydrogen (secondary N) is 1. The van der Waals surface area contributed by atoms with Gasteiger partial charge >= 0.3 is 0 Å². The number of allylic oxidation sites excluding steroid dienone is 2. The predicted molar refractivity (Wildman–Crippen MR) is 154 cm³/mol. The number of hydrogen-bond donors (Lipinski definition) is 2. The number of aryl methyl sites for hydroxylation is 1. The van der Waals surface area contributed by atoms with Crippen LogP contribution in [0.15, 0.2) is 85.5 Å². The van der Waals surface area contributed by atoms with Gasteiger partial charge in [0.05, 0.1) is 37.5 Å². The van der Waals surface area contributed by atoms with Crippen LogP contribution in [0.5, 0.6) is 11.5 Å². The number of carbonyl (C=O) groups excluding carboxylic acids is 1. The Kier molecular flexibility index (Phi) is 10.8. The molecule has 5 heteroatoms. The van der Waals surface area contributed by atoms with E-state index in [1.165, 1.54) is 0 Å². The summed E-state index contributed by atoms with van der Waals surface area (Å²) in [6, 6.07) is 20.4. The molecule has 38 heavy (non-hydrogen) atoms. The highest BCUT2D eigenvalue weighted by Crippen LogP contribution is 2.25. The minimum Gasteiger partial charge on any atom is -0.495 e. The van der Waals surface area contributed by atoms with Crippen molar-refractivity contribution >= 4 is 11.5 Å². The third-order valence-corrected chi connectivity index (χ3v) is 5.97. The Balaban J connectivity index is 1.88. The molecule has 3 aromatic carbocycles. The monoisotopic (exact) mass is 509 g/mol. The summed E-state index contributed by atoms with van der Waals surface area (Å²) in [7, 11) is 1.61. The van der Waals surface area contributed by atoms with Crippen LogP contribution >= 0.6 is 0 Å². The number of aliphatic hydroxyl groups excluding tert-OH is 1. The van der Waals surface area contributed by atoms with Gasteiger partial charge in [-0.2, -0.15) is 0 Å². The molecular weight excluding hydrogens is 474 g/mol. The van der Waals surface area contributed by atoms with E-state index in [2.05, 4.69) is 23.7 Å². The van der Waals surface area contributed by atoms with Gasteiger partial charge in [0, 0.05) is 5.56 Å². The number of amides is 1. The van der Waals surface area contributed by atoms with E-state index >= 15 is 0 Å². The minimum absolute atomic E-state index is 0.218. The molecule has 3 rings (SSSR count). The van der Waals surface area contributed by atoms with Crippen LogP contribution in [0, 0.1) is 18.8 Å². The van der Waals surface area contributed by atoms with Crippen molar-refractivity contribution in [2.45, 2.75) is 32.7 Å². The predicted octanol–water partition coefficient (Wildman–Crippen LogP) is 5.94. The SMILES string of the molecule is C=C/C=C(/C[C@H](CO)NC(=O)c1cc(C#Cc2ccccc2OC)ccc1OCCC)c1ccccc1C. The minimum atomic E-state index is -0.504. The molecule has 3 aromatic rings. The maximum Gasteiger partial charge on any atom is 0.255 e. The first-order valence-corrected chi connectivity index (χ1v) is 12.7. The van der Waals surface area contributed by atoms with Crippen molar-refractivity contribution < 1.29 is 19.4 Å². The van der Waals surface area contributed by atoms with Gasteiger partial charge in [-0.1, -0.05) is 73.9 Å². The quantitative estimate of drug-likeness (QED) is 0.248. The fourth-order valence-corrected chi connectivity index (χ4v) is 4.04. The molecule has 0 aliphatic carbocycles. The van der Waals surface area contributed by atoms with Gasteiger partial charge in [-0.25, -0.2) is 0 Å². The second-order valence-electron chi connectivity index (χ2n) is 8.81. The van der Waals surface area contributed by atoms with Gasteiger partial charge in [-0.15, -0.1) is 0 Å². The summed E-state index contributed by atoms with van der Waals surface area (Å²) in [6.07, 6.45) is 4.89. The summed E-state index contributed by atoms with van der Waals surface area (Å²) in [4.78, 5) is 13.5. The third kappa shape index (κ3) is 7.61. The maximum atomic E-state index is 13.5. The largest absolute Gasteiger partial charge is 0.495 e. The molecule has 0 saturated heterocycles. The highest BCUT2D eigenvalue weighted by atomic mass is 16.5. The molecule has 0 unspecified atom stereocenters. The first-order chi connectivity index (χ1) is 18.5. The van der Waals surface area contributed by atoms with Gasteiger partial charge in [-0.05, 0) is 66.8 Å². The Morgan fingerprint density at radius 2 is 1.82 bits per heavy atom. The second kappa shape index (κ2) is 14.5. The third-order valence-electron chi connectivity index (χ3n) is 5.97. The molecule has 1 atom stereocenters. The lowest BCUT2D eigenvalue weighted by atomic mass is 9.94. The zero-order chi connectivity index (χ0) is 27.3. The number of methoxy groups -OCH3 is 1. The standard InChI is InChI=1S/C33H35NO4/c1-5-11-27(29-14-9-7-12-24(29)3)22-28(23-35)34-33(36)30-21-25(17-19-32(30)38-20-6-2)16-18-26-13-8-10-15-31(26)37-4/h5,7-15,17,19,21,28,35H,1,6,20,22-23H2,2-4H3,(H,34,36)/b27-11-/t28-/m1/s1. The van der Waals surface area contributed by atoms with E-state index in [0.29, 0.717) is 35.7 Å². The molecule has 0 aliphatic rings. The van der Waals surface area contributed by atoms with Crippen LogP contribution in [0.3, 0.4) is 0 Å². The first-order valence-electron chi connectivity index (χ1n) is 12.7. The number of ether oxygens (including phenoxy) is 2. The van der Waals surface area contributed by atoms with E-state index in [-0.39, 0.29) is 12.5 Å². The molecule has 0 saturated carbocycles. The average molecular weight is 510 g/mol. The summed E-state index contributed by atoms with van der Waals surface area (Å²) in [5.74, 6) is 7.07. The molecule has 5 nitrogen and oxygen atoms in total. The molecule has 0 aliphatic heterocycles. The van der Waals surface area contributed by atoms with Gasteiger partial charge in [-0.3, -0.25) is 4.79 Å². The zero-order valence-electron chi connectivity index (χ0n) is 22.3. The van der Waals surface area contributed by atoms with Crippen LogP contribution in [0.1, 0.15) is 52.4 Å². The van der Waals surface area contributed by atoms with Crippen molar-refractivity contribution in [2.24, 2.45) is 0 Å². The number of benzene rings is 3. The van der Waals surface area contributed by atoms with E-state index in [1.54, 1.807) is 25.3 Å². The Bertz CT molecular complexity index is 1350. The van der Waals surface area contributed by atoms with E-state index in [1.807, 2.05) is 74.5 Å². The van der Waals surface area contributed by atoms with E-state index in [4.69, 9.17) is 9.47 Å². The number of aliphatic hydroxyl groups is 1. The molecule has 0 heterocycles. The molecule has 1 amide bonds. The van der Waals surface area contributed by atoms with Crippen molar-refractivity contribution in [1.29, 1.82) is 0 Å². The van der Waals surface area contributed by atoms with Crippen molar-refractivity contribution in [3.05, 3.63) is 113 Å². The summed E-state index contributed by atoms with van der Waals surface area (Å²) in [5.41, 5.74) is 4.94. The number of para-hydroxylation sites is 1. The highest BCUT2D eigenvalue weighted by Gasteiger charge is 2.19. The Morgan fingerprint density at radius 1 is 1.05 bits per heavy atom. The molecular formula is C33H35NO4. The smallest absolute Gasteiger partial charge is 0.255 e. The summed E-state index contributed by atoms with van der Waals surface area (Å²) in [6.45, 7) is 8.14. The van der Waals surface area contributed by atoms with Crippen LogP contribution in [0.25, 0.3) is 5.57 Å². The lowest BCUT2D eigenvalue weighted by molar-refractivity contribution is 0.0914. The van der Waals surface area contributed by atoms with Crippen LogP contribution in [-0.4, -0.2) is 37.4 Å². The highest BCUT2D eigenvalue weighted by molar-refractivity contribution is 5.97. The van der Waals surface area contributed by atoms with E-state index in [9.17, 15) is 9.90 Å². The summed E-state index contributed by atoms with van der Waals surface area (Å²) >= 11 is 0. The van der Waals surface area contributed by atoms with Crippen molar-refractivity contribution in [3.63, 3.8) is 0 Å². The van der Waals surface area contributed by atoms with Gasteiger partial charge in [0.25, 0.3) is 5.91 Å². The Labute approximate surface area is 225 Å². The Hall–Kier alpha value is -4.27. The fraction of sp³-hybridized carbons (Fsp3) is 0.242. The van der Waals surface area contributed by atoms with Gasteiger partial charge in [0.2, 0.25) is 0 Å². The van der Waals surface area contributed by atoms with Gasteiger partial charge in [0.1, 0.15) is 11.5 Å². The molecule has 0 aromatic heterocycles. The summed E-state index contributed by atoms with van der Waals surface area (Å²) < 4.78 is 11.2. The maximum absolute atomic E-state index is 13.5. The van der Waals surface area contributed by atoms with Gasteiger partial charge in [0.15, 0.2) is 0 Å².